The number of amides is 3. The molecule has 0 saturated heterocycles. The summed E-state index contributed by atoms with van der Waals surface area (Å²) in [7, 11) is 0. The van der Waals surface area contributed by atoms with Crippen molar-refractivity contribution in [2.45, 2.75) is 51.1 Å². The number of thiophene rings is 1. The largest absolute Gasteiger partial charge is 0.351 e. The summed E-state index contributed by atoms with van der Waals surface area (Å²) in [5.41, 5.74) is 2.09. The smallest absolute Gasteiger partial charge is 0.261 e. The standard InChI is InChI=1S/C27H30N4O3S/c1-19-9-5-6-13-22(19)31(24(32)18-29-26(33)23-14-8-16-35-23)25(20-10-7-15-28-17-20)27(34)30-21-11-3-2-4-12-21/h5-10,13-17,21,25H,2-4,11-12,18H2,1H3,(H,29,33)(H,30,34). The fraction of sp³-hybridized carbons (Fsp3) is 0.333. The average molecular weight is 491 g/mol. The van der Waals surface area contributed by atoms with Crippen LogP contribution in [0.25, 0.3) is 0 Å². The summed E-state index contributed by atoms with van der Waals surface area (Å²) in [6.45, 7) is 1.66. The third kappa shape index (κ3) is 6.14. The Morgan fingerprint density at radius 3 is 2.54 bits per heavy atom. The molecule has 182 valence electrons. The number of nitrogens with zero attached hydrogens (tertiary/aromatic N) is 2. The van der Waals surface area contributed by atoms with E-state index in [2.05, 4.69) is 15.6 Å². The fourth-order valence-electron chi connectivity index (χ4n) is 4.47. The fourth-order valence-corrected chi connectivity index (χ4v) is 5.11. The molecule has 2 aromatic heterocycles. The first-order valence-electron chi connectivity index (χ1n) is 11.9. The lowest BCUT2D eigenvalue weighted by molar-refractivity contribution is -0.127. The van der Waals surface area contributed by atoms with E-state index in [0.29, 0.717) is 16.1 Å². The number of anilines is 1. The van der Waals surface area contributed by atoms with Crippen LogP contribution in [0.5, 0.6) is 0 Å². The number of carbonyl (C=O) groups excluding carboxylic acids is 3. The molecule has 3 aromatic rings. The molecule has 1 aromatic carbocycles. The van der Waals surface area contributed by atoms with Gasteiger partial charge >= 0.3 is 0 Å². The van der Waals surface area contributed by atoms with E-state index in [9.17, 15) is 14.4 Å². The Labute approximate surface area is 209 Å². The van der Waals surface area contributed by atoms with Gasteiger partial charge in [-0.1, -0.05) is 49.6 Å². The number of nitrogens with one attached hydrogen (secondary N) is 2. The van der Waals surface area contributed by atoms with Gasteiger partial charge in [-0.2, -0.15) is 0 Å². The highest BCUT2D eigenvalue weighted by atomic mass is 32.1. The van der Waals surface area contributed by atoms with Gasteiger partial charge in [0.2, 0.25) is 11.8 Å². The summed E-state index contributed by atoms with van der Waals surface area (Å²) >= 11 is 1.31. The van der Waals surface area contributed by atoms with Gasteiger partial charge < -0.3 is 10.6 Å². The molecule has 1 fully saturated rings. The zero-order valence-electron chi connectivity index (χ0n) is 19.8. The van der Waals surface area contributed by atoms with Gasteiger partial charge in [-0.3, -0.25) is 24.3 Å². The van der Waals surface area contributed by atoms with Crippen LogP contribution in [-0.4, -0.2) is 35.3 Å². The maximum Gasteiger partial charge on any atom is 0.261 e. The van der Waals surface area contributed by atoms with Crippen molar-refractivity contribution in [3.63, 3.8) is 0 Å². The van der Waals surface area contributed by atoms with Gasteiger partial charge in [-0.15, -0.1) is 11.3 Å². The van der Waals surface area contributed by atoms with E-state index in [-0.39, 0.29) is 30.3 Å². The molecule has 8 heteroatoms. The lowest BCUT2D eigenvalue weighted by atomic mass is 9.94. The van der Waals surface area contributed by atoms with E-state index in [0.717, 1.165) is 31.2 Å². The molecule has 3 amide bonds. The Kier molecular flexibility index (Phi) is 8.26. The van der Waals surface area contributed by atoms with Gasteiger partial charge in [-0.25, -0.2) is 0 Å². The number of rotatable bonds is 8. The van der Waals surface area contributed by atoms with Gasteiger partial charge in [0.1, 0.15) is 6.04 Å². The third-order valence-electron chi connectivity index (χ3n) is 6.25. The van der Waals surface area contributed by atoms with Crippen molar-refractivity contribution in [3.8, 4) is 0 Å². The Hall–Kier alpha value is -3.52. The monoisotopic (exact) mass is 490 g/mol. The van der Waals surface area contributed by atoms with Crippen LogP contribution < -0.4 is 15.5 Å². The van der Waals surface area contributed by atoms with Crippen molar-refractivity contribution < 1.29 is 14.4 Å². The normalized spacial score (nSPS) is 14.7. The number of carbonyl (C=O) groups is 3. The highest BCUT2D eigenvalue weighted by Crippen LogP contribution is 2.31. The summed E-state index contributed by atoms with van der Waals surface area (Å²) in [5.74, 6) is -0.939. The second-order valence-electron chi connectivity index (χ2n) is 8.74. The first kappa shape index (κ1) is 24.6. The molecule has 0 aliphatic heterocycles. The average Bonchev–Trinajstić information content (AvgIpc) is 3.42. The lowest BCUT2D eigenvalue weighted by Crippen LogP contribution is -2.50. The summed E-state index contributed by atoms with van der Waals surface area (Å²) in [6, 6.07) is 13.7. The van der Waals surface area contributed by atoms with Gasteiger partial charge in [0.05, 0.1) is 11.4 Å². The number of benzene rings is 1. The molecule has 2 N–H and O–H groups in total. The molecular formula is C27H30N4O3S. The van der Waals surface area contributed by atoms with Crippen molar-refractivity contribution in [1.82, 2.24) is 15.6 Å². The molecule has 1 aliphatic carbocycles. The van der Waals surface area contributed by atoms with E-state index in [1.807, 2.05) is 36.6 Å². The molecular weight excluding hydrogens is 460 g/mol. The highest BCUT2D eigenvalue weighted by molar-refractivity contribution is 7.12. The first-order valence-corrected chi connectivity index (χ1v) is 12.8. The number of aromatic nitrogens is 1. The maximum absolute atomic E-state index is 13.7. The Morgan fingerprint density at radius 1 is 1.06 bits per heavy atom. The van der Waals surface area contributed by atoms with E-state index in [1.54, 1.807) is 36.7 Å². The number of para-hydroxylation sites is 1. The molecule has 4 rings (SSSR count). The van der Waals surface area contributed by atoms with Crippen LogP contribution in [0, 0.1) is 6.92 Å². The van der Waals surface area contributed by atoms with E-state index >= 15 is 0 Å². The quantitative estimate of drug-likeness (QED) is 0.490. The molecule has 35 heavy (non-hydrogen) atoms. The van der Waals surface area contributed by atoms with Gasteiger partial charge in [0.15, 0.2) is 0 Å². The van der Waals surface area contributed by atoms with Crippen molar-refractivity contribution >= 4 is 34.7 Å². The zero-order valence-corrected chi connectivity index (χ0v) is 20.6. The lowest BCUT2D eigenvalue weighted by Gasteiger charge is -2.34. The number of aryl methyl sites for hydroxylation is 1. The third-order valence-corrected chi connectivity index (χ3v) is 7.12. The summed E-state index contributed by atoms with van der Waals surface area (Å²) < 4.78 is 0. The second kappa shape index (κ2) is 11.8. The van der Waals surface area contributed by atoms with Crippen molar-refractivity contribution in [2.75, 3.05) is 11.4 Å². The molecule has 1 atom stereocenters. The minimum absolute atomic E-state index is 0.0859. The van der Waals surface area contributed by atoms with E-state index < -0.39 is 6.04 Å². The Bertz CT molecular complexity index is 1140. The van der Waals surface area contributed by atoms with E-state index in [1.165, 1.54) is 22.7 Å². The number of hydrogen-bond acceptors (Lipinski definition) is 5. The number of pyridine rings is 1. The van der Waals surface area contributed by atoms with Crippen LogP contribution in [-0.2, 0) is 9.59 Å². The molecule has 1 aliphatic rings. The molecule has 0 spiro atoms. The van der Waals surface area contributed by atoms with Crippen LogP contribution in [0.2, 0.25) is 0 Å². The van der Waals surface area contributed by atoms with Crippen molar-refractivity contribution in [1.29, 1.82) is 0 Å². The SMILES string of the molecule is Cc1ccccc1N(C(=O)CNC(=O)c1cccs1)C(C(=O)NC1CCCCC1)c1cccnc1. The van der Waals surface area contributed by atoms with Crippen LogP contribution in [0.4, 0.5) is 5.69 Å². The van der Waals surface area contributed by atoms with Crippen LogP contribution in [0.15, 0.2) is 66.3 Å². The Balaban J connectivity index is 1.67. The summed E-state index contributed by atoms with van der Waals surface area (Å²) in [5, 5.41) is 7.71. The second-order valence-corrected chi connectivity index (χ2v) is 9.69. The van der Waals surface area contributed by atoms with Gasteiger partial charge in [0.25, 0.3) is 5.91 Å². The van der Waals surface area contributed by atoms with E-state index in [4.69, 9.17) is 0 Å². The topological polar surface area (TPSA) is 91.4 Å². The van der Waals surface area contributed by atoms with Gasteiger partial charge in [-0.05, 0) is 48.9 Å². The van der Waals surface area contributed by atoms with Gasteiger partial charge in [0, 0.05) is 29.7 Å². The van der Waals surface area contributed by atoms with Crippen molar-refractivity contribution in [3.05, 3.63) is 82.3 Å². The molecule has 1 unspecified atom stereocenters. The molecule has 2 heterocycles. The summed E-state index contributed by atoms with van der Waals surface area (Å²) in [6.07, 6.45) is 8.46. The Morgan fingerprint density at radius 2 is 1.86 bits per heavy atom. The van der Waals surface area contributed by atoms with Crippen LogP contribution >= 0.6 is 11.3 Å². The first-order chi connectivity index (χ1) is 17.0. The molecule has 7 nitrogen and oxygen atoms in total. The van der Waals surface area contributed by atoms with Crippen molar-refractivity contribution in [2.24, 2.45) is 0 Å². The highest BCUT2D eigenvalue weighted by Gasteiger charge is 2.35. The molecule has 0 bridgehead atoms. The predicted molar refractivity (Wildman–Crippen MR) is 137 cm³/mol. The molecule has 1 saturated carbocycles. The number of hydrogen-bond donors (Lipinski definition) is 2. The summed E-state index contributed by atoms with van der Waals surface area (Å²) in [4.78, 5) is 46.2. The van der Waals surface area contributed by atoms with Crippen LogP contribution in [0.1, 0.15) is 58.9 Å². The molecule has 0 radical (unpaired) electrons. The van der Waals surface area contributed by atoms with Crippen LogP contribution in [0.3, 0.4) is 0 Å². The minimum Gasteiger partial charge on any atom is -0.351 e. The minimum atomic E-state index is -0.919. The maximum atomic E-state index is 13.7. The zero-order chi connectivity index (χ0) is 24.6. The predicted octanol–water partition coefficient (Wildman–Crippen LogP) is 4.40.